The van der Waals surface area contributed by atoms with Crippen LogP contribution in [0.25, 0.3) is 142 Å². The maximum absolute atomic E-state index is 5.01. The van der Waals surface area contributed by atoms with Gasteiger partial charge in [0.1, 0.15) is 12.7 Å². The van der Waals surface area contributed by atoms with Gasteiger partial charge in [-0.3, -0.25) is 0 Å². The van der Waals surface area contributed by atoms with E-state index in [1.807, 2.05) is 0 Å². The van der Waals surface area contributed by atoms with Crippen molar-refractivity contribution in [3.63, 3.8) is 0 Å². The van der Waals surface area contributed by atoms with E-state index >= 15 is 0 Å². The van der Waals surface area contributed by atoms with Gasteiger partial charge in [0.15, 0.2) is 5.82 Å². The predicted octanol–water partition coefficient (Wildman–Crippen LogP) is 20.4. The van der Waals surface area contributed by atoms with E-state index in [4.69, 9.17) is 9.97 Å². The van der Waals surface area contributed by atoms with Gasteiger partial charge in [0.2, 0.25) is 0 Å². The fraction of sp³-hybridized carbons (Fsp3) is 0. The predicted molar refractivity (Wildman–Crippen MR) is 383 cm³/mol. The monoisotopic (exact) mass is 1150 g/mol. The van der Waals surface area contributed by atoms with E-state index in [-0.39, 0.29) is 6.71 Å². The van der Waals surface area contributed by atoms with Crippen LogP contribution in [0, 0.1) is 0 Å². The maximum atomic E-state index is 5.01. The van der Waals surface area contributed by atoms with Crippen molar-refractivity contribution in [3.8, 4) is 55.9 Å². The molecule has 0 amide bonds. The Labute approximate surface area is 524 Å². The zero-order valence-electron chi connectivity index (χ0n) is 49.2. The van der Waals surface area contributed by atoms with Crippen molar-refractivity contribution in [2.24, 2.45) is 0 Å². The summed E-state index contributed by atoms with van der Waals surface area (Å²) in [6, 6.07) is 109. The van der Waals surface area contributed by atoms with Crippen LogP contribution in [0.4, 0.5) is 34.1 Å². The molecule has 5 nitrogen and oxygen atoms in total. The molecule has 0 N–H and O–H groups in total. The van der Waals surface area contributed by atoms with Crippen molar-refractivity contribution >= 4 is 143 Å². The highest BCUT2D eigenvalue weighted by atomic mass is 15.2. The summed E-state index contributed by atoms with van der Waals surface area (Å²) in [5.41, 5.74) is 20.1. The summed E-state index contributed by atoms with van der Waals surface area (Å²) in [6.07, 6.45) is 3.25. The minimum absolute atomic E-state index is 0.284. The zero-order valence-corrected chi connectivity index (χ0v) is 49.2. The second kappa shape index (κ2) is 19.3. The molecule has 0 saturated heterocycles. The Hall–Kier alpha value is -12.0. The lowest BCUT2D eigenvalue weighted by molar-refractivity contribution is 1.06. The van der Waals surface area contributed by atoms with Crippen LogP contribution < -0.4 is 26.2 Å². The molecule has 20 rings (SSSR count). The van der Waals surface area contributed by atoms with Gasteiger partial charge in [0.05, 0.1) is 0 Å². The first-order valence-electron chi connectivity index (χ1n) is 31.3. The highest BCUT2D eigenvalue weighted by molar-refractivity contribution is 7.01. The molecule has 6 heteroatoms. The van der Waals surface area contributed by atoms with Gasteiger partial charge in [-0.1, -0.05) is 243 Å². The number of anilines is 6. The van der Waals surface area contributed by atoms with E-state index in [1.54, 1.807) is 12.7 Å². The van der Waals surface area contributed by atoms with Crippen molar-refractivity contribution in [2.45, 2.75) is 0 Å². The second-order valence-electron chi connectivity index (χ2n) is 24.6. The lowest BCUT2D eigenvalue weighted by Crippen LogP contribution is -2.61. The van der Waals surface area contributed by atoms with Gasteiger partial charge >= 0.3 is 0 Å². The third-order valence-electron chi connectivity index (χ3n) is 19.8. The van der Waals surface area contributed by atoms with Crippen LogP contribution >= 0.6 is 0 Å². The van der Waals surface area contributed by atoms with Crippen LogP contribution in [0.1, 0.15) is 0 Å². The molecule has 0 bridgehead atoms. The minimum atomic E-state index is -0.284. The maximum Gasteiger partial charge on any atom is 0.252 e. The average Bonchev–Trinajstić information content (AvgIpc) is 0.691. The van der Waals surface area contributed by atoms with E-state index in [0.717, 1.165) is 84.2 Å². The molecule has 0 atom stereocenters. The van der Waals surface area contributed by atoms with Gasteiger partial charge in [-0.2, -0.15) is 0 Å². The Morgan fingerprint density at radius 1 is 0.253 bits per heavy atom. The Balaban J connectivity index is 1.01. The quantitative estimate of drug-likeness (QED) is 0.0904. The van der Waals surface area contributed by atoms with Crippen molar-refractivity contribution in [1.82, 2.24) is 15.0 Å². The Morgan fingerprint density at radius 2 is 0.582 bits per heavy atom. The van der Waals surface area contributed by atoms with Crippen LogP contribution in [0.2, 0.25) is 0 Å². The lowest BCUT2D eigenvalue weighted by atomic mass is 9.33. The van der Waals surface area contributed by atoms with Crippen molar-refractivity contribution < 1.29 is 0 Å². The first-order chi connectivity index (χ1) is 45.1. The molecule has 2 aliphatic heterocycles. The van der Waals surface area contributed by atoms with Crippen LogP contribution in [0.3, 0.4) is 0 Å². The summed E-state index contributed by atoms with van der Waals surface area (Å²) in [6.45, 7) is -0.284. The van der Waals surface area contributed by atoms with Gasteiger partial charge in [-0.15, -0.1) is 0 Å². The van der Waals surface area contributed by atoms with Gasteiger partial charge in [0, 0.05) is 50.5 Å². The molecule has 3 heterocycles. The molecule has 18 aromatic rings. The molecule has 0 spiro atoms. The third-order valence-corrected chi connectivity index (χ3v) is 19.8. The number of hydrogen-bond acceptors (Lipinski definition) is 5. The van der Waals surface area contributed by atoms with Crippen molar-refractivity contribution in [3.05, 3.63) is 304 Å². The first kappa shape index (κ1) is 50.1. The van der Waals surface area contributed by atoms with Gasteiger partial charge in [-0.25, -0.2) is 15.0 Å². The third kappa shape index (κ3) is 7.33. The van der Waals surface area contributed by atoms with Crippen LogP contribution in [0.5, 0.6) is 0 Å². The SMILES string of the molecule is c1ccc(-c2cc(-c3ccccc3)cc(N3c4cc(-c5ncncn5)cc5c4B(c4cc6c7cccc8cccc(c9cccc(c43)c96)c87)c3cc4c6cccc7cccc(c8cccc(c3N5c3cc(-c5ccccc5)cc(-c5ccccc5)c3)c84)c76)c2)cc1. The number of nitrogens with zero attached hydrogens (tertiary/aromatic N) is 5. The highest BCUT2D eigenvalue weighted by Crippen LogP contribution is 2.54. The summed E-state index contributed by atoms with van der Waals surface area (Å²) in [4.78, 5) is 19.7. The summed E-state index contributed by atoms with van der Waals surface area (Å²) >= 11 is 0. The van der Waals surface area contributed by atoms with Gasteiger partial charge < -0.3 is 9.80 Å². The van der Waals surface area contributed by atoms with E-state index in [2.05, 4.69) is 306 Å². The van der Waals surface area contributed by atoms with Crippen molar-refractivity contribution in [1.29, 1.82) is 0 Å². The van der Waals surface area contributed by atoms with E-state index in [1.165, 1.54) is 103 Å². The number of aromatic nitrogens is 3. The molecule has 0 fully saturated rings. The molecular formula is C85H50BN5. The summed E-state index contributed by atoms with van der Waals surface area (Å²) < 4.78 is 0. The second-order valence-corrected chi connectivity index (χ2v) is 24.6. The number of fused-ring (bicyclic) bond motifs is 10. The molecule has 91 heavy (non-hydrogen) atoms. The van der Waals surface area contributed by atoms with Crippen molar-refractivity contribution in [2.75, 3.05) is 9.80 Å². The summed E-state index contributed by atoms with van der Waals surface area (Å²) in [5.74, 6) is 0.594. The summed E-state index contributed by atoms with van der Waals surface area (Å²) in [7, 11) is 0. The van der Waals surface area contributed by atoms with E-state index < -0.39 is 0 Å². The van der Waals surface area contributed by atoms with Crippen LogP contribution in [-0.4, -0.2) is 21.7 Å². The molecule has 17 aromatic carbocycles. The minimum Gasteiger partial charge on any atom is -0.311 e. The number of rotatable bonds is 7. The van der Waals surface area contributed by atoms with Crippen LogP contribution in [-0.2, 0) is 0 Å². The lowest BCUT2D eigenvalue weighted by Gasteiger charge is -2.45. The molecule has 2 aliphatic rings. The summed E-state index contributed by atoms with van der Waals surface area (Å²) in [5, 5.41) is 20.0. The molecule has 0 unspecified atom stereocenters. The van der Waals surface area contributed by atoms with Gasteiger partial charge in [0.25, 0.3) is 6.71 Å². The highest BCUT2D eigenvalue weighted by Gasteiger charge is 2.46. The molecule has 418 valence electrons. The molecular weight excluding hydrogens is 1100 g/mol. The normalized spacial score (nSPS) is 12.8. The fourth-order valence-electron chi connectivity index (χ4n) is 16.1. The Bertz CT molecular complexity index is 5550. The van der Waals surface area contributed by atoms with Gasteiger partial charge in [-0.05, 0) is 185 Å². The molecule has 1 aromatic heterocycles. The molecule has 0 aliphatic carbocycles. The number of hydrogen-bond donors (Lipinski definition) is 0. The van der Waals surface area contributed by atoms with E-state index in [0.29, 0.717) is 5.82 Å². The van der Waals surface area contributed by atoms with Crippen LogP contribution in [0.15, 0.2) is 304 Å². The van der Waals surface area contributed by atoms with E-state index in [9.17, 15) is 0 Å². The number of benzene rings is 17. The largest absolute Gasteiger partial charge is 0.311 e. The Kier molecular flexibility index (Phi) is 10.6. The Morgan fingerprint density at radius 3 is 0.956 bits per heavy atom. The standard InChI is InChI=1S/C85H50BN5/c1-5-19-51(20-6-1)57-39-58(52-21-7-2-8-22-52)42-62(41-57)90-76-45-61(85-88-49-87-50-89-85)46-77-82(76)86(74-47-72-68-33-15-29-55-27-13-31-64(78(55)68)66-35-17-37-70(80(66)72)83(74)90)75-48-73-69-34-16-30-56-28-14-32-65(79(56)69)67-36-18-38-71(81(67)73)84(75)91(77)63-43-59(53-23-9-3-10-24-53)40-60(44-63)54-25-11-4-12-26-54/h1-50H. The smallest absolute Gasteiger partial charge is 0.252 e. The topological polar surface area (TPSA) is 45.2 Å². The average molecular weight is 1150 g/mol. The zero-order chi connectivity index (χ0) is 59.4. The fourth-order valence-corrected chi connectivity index (χ4v) is 16.1. The first-order valence-corrected chi connectivity index (χ1v) is 31.3. The molecule has 0 saturated carbocycles. The molecule has 0 radical (unpaired) electrons.